The summed E-state index contributed by atoms with van der Waals surface area (Å²) in [5.74, 6) is 1.55. The Morgan fingerprint density at radius 2 is 2.15 bits per heavy atom. The fourth-order valence-corrected chi connectivity index (χ4v) is 4.09. The number of hydrogen-bond donors (Lipinski definition) is 1. The first-order chi connectivity index (χ1) is 12.7. The molecule has 148 valence electrons. The van der Waals surface area contributed by atoms with Crippen LogP contribution in [0.4, 0.5) is 0 Å². The lowest BCUT2D eigenvalue weighted by molar-refractivity contribution is 0.181. The molecular formula is C20H29IN4OS. The highest BCUT2D eigenvalue weighted by Gasteiger charge is 2.19. The third-order valence-corrected chi connectivity index (χ3v) is 5.73. The van der Waals surface area contributed by atoms with Crippen LogP contribution in [-0.4, -0.2) is 49.2 Å². The van der Waals surface area contributed by atoms with Crippen LogP contribution in [-0.2, 0) is 11.3 Å². The average Bonchev–Trinajstić information content (AvgIpc) is 3.29. The Bertz CT molecular complexity index is 729. The van der Waals surface area contributed by atoms with E-state index in [4.69, 9.17) is 14.7 Å². The Kier molecular flexibility index (Phi) is 8.98. The van der Waals surface area contributed by atoms with Crippen molar-refractivity contribution in [3.63, 3.8) is 0 Å². The fourth-order valence-electron chi connectivity index (χ4n) is 3.10. The van der Waals surface area contributed by atoms with E-state index in [1.807, 2.05) is 6.07 Å². The van der Waals surface area contributed by atoms with Gasteiger partial charge in [-0.3, -0.25) is 0 Å². The third kappa shape index (κ3) is 6.15. The molecule has 1 saturated heterocycles. The zero-order valence-electron chi connectivity index (χ0n) is 16.3. The molecule has 1 N–H and O–H groups in total. The van der Waals surface area contributed by atoms with Gasteiger partial charge in [-0.2, -0.15) is 0 Å². The molecule has 1 aromatic heterocycles. The summed E-state index contributed by atoms with van der Waals surface area (Å²) < 4.78 is 5.49. The second kappa shape index (κ2) is 11.0. The van der Waals surface area contributed by atoms with Gasteiger partial charge in [0.2, 0.25) is 0 Å². The van der Waals surface area contributed by atoms with Crippen LogP contribution in [0.25, 0.3) is 10.6 Å². The molecule has 5 nitrogen and oxygen atoms in total. The Morgan fingerprint density at radius 1 is 1.37 bits per heavy atom. The zero-order chi connectivity index (χ0) is 18.4. The summed E-state index contributed by atoms with van der Waals surface area (Å²) in [6, 6.07) is 10.3. The molecular weight excluding hydrogens is 471 g/mol. The van der Waals surface area contributed by atoms with Crippen molar-refractivity contribution < 1.29 is 4.74 Å². The zero-order valence-corrected chi connectivity index (χ0v) is 19.4. The van der Waals surface area contributed by atoms with Gasteiger partial charge in [0.05, 0.1) is 18.8 Å². The number of halogens is 1. The summed E-state index contributed by atoms with van der Waals surface area (Å²) in [5.41, 5.74) is 2.24. The Hall–Kier alpha value is -1.19. The number of ether oxygens (including phenoxy) is 1. The van der Waals surface area contributed by atoms with E-state index in [0.29, 0.717) is 12.5 Å². The van der Waals surface area contributed by atoms with Crippen LogP contribution in [0.15, 0.2) is 35.3 Å². The standard InChI is InChI=1S/C20H28N4OS.HI/c1-4-21-20(24(3)13-16-10-11-25-14-16)22-12-18-15(2)23-19(26-18)17-8-6-5-7-9-17;/h5-9,16H,4,10-14H2,1-3H3,(H,21,22);1H. The van der Waals surface area contributed by atoms with E-state index in [1.54, 1.807) is 11.3 Å². The predicted octanol–water partition coefficient (Wildman–Crippen LogP) is 4.17. The summed E-state index contributed by atoms with van der Waals surface area (Å²) in [6.07, 6.45) is 1.14. The van der Waals surface area contributed by atoms with Crippen LogP contribution in [0.1, 0.15) is 23.9 Å². The van der Waals surface area contributed by atoms with E-state index in [2.05, 4.69) is 55.4 Å². The Labute approximate surface area is 183 Å². The number of aromatic nitrogens is 1. The largest absolute Gasteiger partial charge is 0.381 e. The van der Waals surface area contributed by atoms with Gasteiger partial charge in [0, 0.05) is 43.1 Å². The molecule has 0 amide bonds. The first-order valence-corrected chi connectivity index (χ1v) is 10.1. The number of rotatable bonds is 6. The molecule has 1 fully saturated rings. The van der Waals surface area contributed by atoms with Gasteiger partial charge >= 0.3 is 0 Å². The second-order valence-corrected chi connectivity index (χ2v) is 7.76. The molecule has 1 unspecified atom stereocenters. The van der Waals surface area contributed by atoms with Crippen LogP contribution in [0.5, 0.6) is 0 Å². The van der Waals surface area contributed by atoms with E-state index in [-0.39, 0.29) is 24.0 Å². The quantitative estimate of drug-likeness (QED) is 0.368. The van der Waals surface area contributed by atoms with Gasteiger partial charge in [0.1, 0.15) is 5.01 Å². The lowest BCUT2D eigenvalue weighted by Crippen LogP contribution is -2.41. The van der Waals surface area contributed by atoms with Gasteiger partial charge in [0.15, 0.2) is 5.96 Å². The van der Waals surface area contributed by atoms with Gasteiger partial charge in [-0.05, 0) is 20.3 Å². The molecule has 7 heteroatoms. The molecule has 0 saturated carbocycles. The van der Waals surface area contributed by atoms with Crippen molar-refractivity contribution in [2.24, 2.45) is 10.9 Å². The summed E-state index contributed by atoms with van der Waals surface area (Å²) >= 11 is 1.73. The monoisotopic (exact) mass is 500 g/mol. The van der Waals surface area contributed by atoms with E-state index in [9.17, 15) is 0 Å². The van der Waals surface area contributed by atoms with E-state index < -0.39 is 0 Å². The number of aliphatic imine (C=N–C) groups is 1. The van der Waals surface area contributed by atoms with Gasteiger partial charge in [-0.1, -0.05) is 30.3 Å². The molecule has 0 radical (unpaired) electrons. The topological polar surface area (TPSA) is 49.8 Å². The molecule has 3 rings (SSSR count). The SMILES string of the molecule is CCNC(=NCc1sc(-c2ccccc2)nc1C)N(C)CC1CCOC1.I. The fraction of sp³-hybridized carbons (Fsp3) is 0.500. The lowest BCUT2D eigenvalue weighted by atomic mass is 10.1. The van der Waals surface area contributed by atoms with Crippen LogP contribution in [0, 0.1) is 12.8 Å². The van der Waals surface area contributed by atoms with Crippen molar-refractivity contribution >= 4 is 41.3 Å². The maximum Gasteiger partial charge on any atom is 0.194 e. The molecule has 1 aliphatic heterocycles. The summed E-state index contributed by atoms with van der Waals surface area (Å²) in [6.45, 7) is 8.41. The minimum absolute atomic E-state index is 0. The van der Waals surface area contributed by atoms with Crippen LogP contribution in [0.2, 0.25) is 0 Å². The molecule has 0 bridgehead atoms. The molecule has 2 heterocycles. The van der Waals surface area contributed by atoms with Gasteiger partial charge in [-0.15, -0.1) is 35.3 Å². The molecule has 2 aromatic rings. The minimum atomic E-state index is 0. The first kappa shape index (κ1) is 22.1. The Balaban J connectivity index is 0.00000261. The van der Waals surface area contributed by atoms with Crippen LogP contribution < -0.4 is 5.32 Å². The highest BCUT2D eigenvalue weighted by atomic mass is 127. The molecule has 27 heavy (non-hydrogen) atoms. The number of guanidine groups is 1. The molecule has 1 aliphatic rings. The van der Waals surface area contributed by atoms with Gasteiger partial charge < -0.3 is 15.0 Å². The lowest BCUT2D eigenvalue weighted by Gasteiger charge is -2.24. The van der Waals surface area contributed by atoms with E-state index in [0.717, 1.165) is 49.4 Å². The summed E-state index contributed by atoms with van der Waals surface area (Å²) in [5, 5.41) is 4.47. The smallest absolute Gasteiger partial charge is 0.194 e. The molecule has 0 spiro atoms. The van der Waals surface area contributed by atoms with Crippen molar-refractivity contribution in [3.05, 3.63) is 40.9 Å². The van der Waals surface area contributed by atoms with Crippen molar-refractivity contribution in [3.8, 4) is 10.6 Å². The predicted molar refractivity (Wildman–Crippen MR) is 124 cm³/mol. The third-order valence-electron chi connectivity index (χ3n) is 4.54. The highest BCUT2D eigenvalue weighted by molar-refractivity contribution is 14.0. The summed E-state index contributed by atoms with van der Waals surface area (Å²) in [4.78, 5) is 13.0. The summed E-state index contributed by atoms with van der Waals surface area (Å²) in [7, 11) is 2.11. The van der Waals surface area contributed by atoms with Crippen molar-refractivity contribution in [2.45, 2.75) is 26.8 Å². The number of nitrogens with one attached hydrogen (secondary N) is 1. The first-order valence-electron chi connectivity index (χ1n) is 9.26. The van der Waals surface area contributed by atoms with Crippen molar-refractivity contribution in [1.29, 1.82) is 0 Å². The van der Waals surface area contributed by atoms with Crippen LogP contribution in [0.3, 0.4) is 0 Å². The maximum absolute atomic E-state index is 5.49. The van der Waals surface area contributed by atoms with Crippen LogP contribution >= 0.6 is 35.3 Å². The van der Waals surface area contributed by atoms with Crippen molar-refractivity contribution in [1.82, 2.24) is 15.2 Å². The number of nitrogens with zero attached hydrogens (tertiary/aromatic N) is 3. The normalized spacial score (nSPS) is 16.9. The molecule has 1 atom stereocenters. The van der Waals surface area contributed by atoms with E-state index in [1.165, 1.54) is 10.4 Å². The van der Waals surface area contributed by atoms with Gasteiger partial charge in [0.25, 0.3) is 0 Å². The van der Waals surface area contributed by atoms with Crippen molar-refractivity contribution in [2.75, 3.05) is 33.4 Å². The average molecular weight is 500 g/mol. The highest BCUT2D eigenvalue weighted by Crippen LogP contribution is 2.28. The number of thiazole rings is 1. The number of hydrogen-bond acceptors (Lipinski definition) is 4. The molecule has 0 aliphatic carbocycles. The Morgan fingerprint density at radius 3 is 2.81 bits per heavy atom. The maximum atomic E-state index is 5.49. The van der Waals surface area contributed by atoms with E-state index >= 15 is 0 Å². The van der Waals surface area contributed by atoms with Gasteiger partial charge in [-0.25, -0.2) is 9.98 Å². The molecule has 1 aromatic carbocycles. The number of benzene rings is 1. The minimum Gasteiger partial charge on any atom is -0.381 e. The second-order valence-electron chi connectivity index (χ2n) is 6.67. The number of aryl methyl sites for hydroxylation is 1.